The van der Waals surface area contributed by atoms with Crippen LogP contribution in [0, 0.1) is 0 Å². The summed E-state index contributed by atoms with van der Waals surface area (Å²) in [5.41, 5.74) is 2.78. The van der Waals surface area contributed by atoms with Gasteiger partial charge in [0.05, 0.1) is 6.61 Å². The molecule has 110 valence electrons. The largest absolute Gasteiger partial charge is 0.464 e. The number of fused-ring (bicyclic) bond motifs is 1. The first kappa shape index (κ1) is 13.6. The van der Waals surface area contributed by atoms with Crippen molar-refractivity contribution in [3.05, 3.63) is 35.4 Å². The van der Waals surface area contributed by atoms with Gasteiger partial charge in [0, 0.05) is 13.1 Å². The number of rotatable bonds is 5. The number of ether oxygens (including phenoxy) is 1. The molecule has 0 atom stereocenters. The third kappa shape index (κ3) is 3.04. The van der Waals surface area contributed by atoms with Crippen molar-refractivity contribution in [2.24, 2.45) is 0 Å². The Morgan fingerprint density at radius 3 is 2.38 bits per heavy atom. The molecule has 1 aromatic carbocycles. The third-order valence-electron chi connectivity index (χ3n) is 3.50. The number of nitrogens with zero attached hydrogens (tertiary/aromatic N) is 3. The maximum absolute atomic E-state index is 5.37. The average molecular weight is 285 g/mol. The summed E-state index contributed by atoms with van der Waals surface area (Å²) in [6, 6.07) is 9.16. The lowest BCUT2D eigenvalue weighted by molar-refractivity contribution is 0.312. The minimum absolute atomic E-state index is 0.309. The van der Waals surface area contributed by atoms with Gasteiger partial charge in [-0.2, -0.15) is 15.0 Å². The highest BCUT2D eigenvalue weighted by molar-refractivity contribution is 5.40. The maximum Gasteiger partial charge on any atom is 0.323 e. The van der Waals surface area contributed by atoms with Gasteiger partial charge in [0.1, 0.15) is 0 Å². The highest BCUT2D eigenvalue weighted by Crippen LogP contribution is 2.24. The zero-order valence-corrected chi connectivity index (χ0v) is 12.3. The first-order chi connectivity index (χ1) is 10.3. The first-order valence-electron chi connectivity index (χ1n) is 7.18. The quantitative estimate of drug-likeness (QED) is 0.874. The smallest absolute Gasteiger partial charge is 0.323 e. The van der Waals surface area contributed by atoms with E-state index in [1.807, 2.05) is 6.92 Å². The van der Waals surface area contributed by atoms with E-state index >= 15 is 0 Å². The van der Waals surface area contributed by atoms with Crippen molar-refractivity contribution in [3.8, 4) is 6.01 Å². The molecular weight excluding hydrogens is 266 g/mol. The topological polar surface area (TPSA) is 72.0 Å². The van der Waals surface area contributed by atoms with Crippen LogP contribution in [0.3, 0.4) is 0 Å². The van der Waals surface area contributed by atoms with Gasteiger partial charge in [0.2, 0.25) is 11.9 Å². The number of hydrogen-bond donors (Lipinski definition) is 2. The van der Waals surface area contributed by atoms with E-state index in [0.29, 0.717) is 30.6 Å². The third-order valence-corrected chi connectivity index (χ3v) is 3.50. The predicted molar refractivity (Wildman–Crippen MR) is 81.8 cm³/mol. The average Bonchev–Trinajstić information content (AvgIpc) is 2.89. The Morgan fingerprint density at radius 1 is 1.10 bits per heavy atom. The fourth-order valence-corrected chi connectivity index (χ4v) is 2.57. The van der Waals surface area contributed by atoms with E-state index in [2.05, 4.69) is 49.9 Å². The molecule has 0 aliphatic heterocycles. The number of nitrogens with one attached hydrogen (secondary N) is 2. The lowest BCUT2D eigenvalue weighted by atomic mass is 10.1. The highest BCUT2D eigenvalue weighted by atomic mass is 16.5. The van der Waals surface area contributed by atoms with Crippen molar-refractivity contribution in [2.45, 2.75) is 25.8 Å². The summed E-state index contributed by atoms with van der Waals surface area (Å²) < 4.78 is 5.37. The second kappa shape index (κ2) is 5.95. The van der Waals surface area contributed by atoms with Gasteiger partial charge in [-0.05, 0) is 30.9 Å². The van der Waals surface area contributed by atoms with Gasteiger partial charge in [-0.1, -0.05) is 24.3 Å². The van der Waals surface area contributed by atoms with Gasteiger partial charge >= 0.3 is 6.01 Å². The molecule has 0 saturated carbocycles. The molecule has 0 amide bonds. The molecule has 1 heterocycles. The molecule has 1 aliphatic carbocycles. The molecule has 2 N–H and O–H groups in total. The van der Waals surface area contributed by atoms with Crippen LogP contribution >= 0.6 is 0 Å². The van der Waals surface area contributed by atoms with Crippen LogP contribution in [-0.2, 0) is 12.8 Å². The lowest BCUT2D eigenvalue weighted by Gasteiger charge is -2.13. The maximum atomic E-state index is 5.37. The summed E-state index contributed by atoms with van der Waals surface area (Å²) >= 11 is 0. The summed E-state index contributed by atoms with van der Waals surface area (Å²) in [6.45, 7) is 2.44. The molecule has 3 rings (SSSR count). The minimum Gasteiger partial charge on any atom is -0.464 e. The number of benzene rings is 1. The van der Waals surface area contributed by atoms with Crippen molar-refractivity contribution < 1.29 is 4.74 Å². The van der Waals surface area contributed by atoms with Crippen molar-refractivity contribution in [1.29, 1.82) is 0 Å². The van der Waals surface area contributed by atoms with Gasteiger partial charge in [0.25, 0.3) is 0 Å². The Labute approximate surface area is 124 Å². The second-order valence-corrected chi connectivity index (χ2v) is 4.97. The van der Waals surface area contributed by atoms with Crippen LogP contribution in [0.15, 0.2) is 24.3 Å². The molecule has 0 spiro atoms. The zero-order chi connectivity index (χ0) is 14.7. The Morgan fingerprint density at radius 2 is 1.76 bits per heavy atom. The van der Waals surface area contributed by atoms with E-state index in [0.717, 1.165) is 12.8 Å². The first-order valence-corrected chi connectivity index (χ1v) is 7.18. The summed E-state index contributed by atoms with van der Waals surface area (Å²) in [7, 11) is 1.78. The predicted octanol–water partition coefficient (Wildman–Crippen LogP) is 1.89. The zero-order valence-electron chi connectivity index (χ0n) is 12.3. The Bertz CT molecular complexity index is 606. The molecule has 0 radical (unpaired) electrons. The Hall–Kier alpha value is -2.37. The van der Waals surface area contributed by atoms with Crippen LogP contribution in [0.1, 0.15) is 18.1 Å². The van der Waals surface area contributed by atoms with Crippen LogP contribution < -0.4 is 15.4 Å². The molecule has 6 heteroatoms. The molecule has 0 saturated heterocycles. The van der Waals surface area contributed by atoms with Gasteiger partial charge in [-0.25, -0.2) is 0 Å². The van der Waals surface area contributed by atoms with E-state index in [4.69, 9.17) is 4.74 Å². The molecule has 0 unspecified atom stereocenters. The summed E-state index contributed by atoms with van der Waals surface area (Å²) in [6.07, 6.45) is 1.97. The van der Waals surface area contributed by atoms with Gasteiger partial charge in [-0.3, -0.25) is 0 Å². The molecule has 0 fully saturated rings. The fraction of sp³-hybridized carbons (Fsp3) is 0.400. The monoisotopic (exact) mass is 285 g/mol. The van der Waals surface area contributed by atoms with Crippen LogP contribution in [0.2, 0.25) is 0 Å². The van der Waals surface area contributed by atoms with Gasteiger partial charge < -0.3 is 15.4 Å². The lowest BCUT2D eigenvalue weighted by Crippen LogP contribution is -2.22. The van der Waals surface area contributed by atoms with Crippen LogP contribution in [0.25, 0.3) is 0 Å². The van der Waals surface area contributed by atoms with Crippen molar-refractivity contribution >= 4 is 11.9 Å². The molecule has 21 heavy (non-hydrogen) atoms. The summed E-state index contributed by atoms with van der Waals surface area (Å²) in [4.78, 5) is 12.8. The van der Waals surface area contributed by atoms with E-state index in [-0.39, 0.29) is 0 Å². The summed E-state index contributed by atoms with van der Waals surface area (Å²) in [5, 5.41) is 6.31. The standard InChI is InChI=1S/C15H19N5O/c1-3-21-15-19-13(16-2)18-14(20-15)17-12-8-10-6-4-5-7-11(10)9-12/h4-7,12H,3,8-9H2,1-2H3,(H2,16,17,18,19,20). The van der Waals surface area contributed by atoms with Crippen molar-refractivity contribution in [3.63, 3.8) is 0 Å². The SMILES string of the molecule is CCOc1nc(NC)nc(NC2Cc3ccccc3C2)n1. The number of anilines is 2. The Balaban J connectivity index is 1.75. The van der Waals surface area contributed by atoms with Gasteiger partial charge in [-0.15, -0.1) is 0 Å². The van der Waals surface area contributed by atoms with Crippen molar-refractivity contribution in [2.75, 3.05) is 24.3 Å². The molecule has 1 aromatic heterocycles. The normalized spacial score (nSPS) is 13.8. The minimum atomic E-state index is 0.309. The Kier molecular flexibility index (Phi) is 3.85. The summed E-state index contributed by atoms with van der Waals surface area (Å²) in [5.74, 6) is 1.06. The molecular formula is C15H19N5O. The van der Waals surface area contributed by atoms with Crippen LogP contribution in [0.5, 0.6) is 6.01 Å². The highest BCUT2D eigenvalue weighted by Gasteiger charge is 2.22. The molecule has 1 aliphatic rings. The van der Waals surface area contributed by atoms with Gasteiger partial charge in [0.15, 0.2) is 0 Å². The van der Waals surface area contributed by atoms with E-state index < -0.39 is 0 Å². The van der Waals surface area contributed by atoms with E-state index in [1.165, 1.54) is 11.1 Å². The van der Waals surface area contributed by atoms with Crippen LogP contribution in [-0.4, -0.2) is 34.6 Å². The molecule has 2 aromatic rings. The van der Waals surface area contributed by atoms with Crippen LogP contribution in [0.4, 0.5) is 11.9 Å². The van der Waals surface area contributed by atoms with Crippen molar-refractivity contribution in [1.82, 2.24) is 15.0 Å². The van der Waals surface area contributed by atoms with E-state index in [1.54, 1.807) is 7.05 Å². The molecule has 0 bridgehead atoms. The van der Waals surface area contributed by atoms with E-state index in [9.17, 15) is 0 Å². The fourth-order valence-electron chi connectivity index (χ4n) is 2.57. The number of aromatic nitrogens is 3. The molecule has 6 nitrogen and oxygen atoms in total. The second-order valence-electron chi connectivity index (χ2n) is 4.97. The number of hydrogen-bond acceptors (Lipinski definition) is 6.